The first-order valence-corrected chi connectivity index (χ1v) is 11.3. The number of nitrogens with zero attached hydrogens (tertiary/aromatic N) is 1. The number of halogens is 2. The number of carbonyl (C=O) groups is 1. The van der Waals surface area contributed by atoms with E-state index in [2.05, 4.69) is 26.1 Å². The molecule has 9 heteroatoms. The van der Waals surface area contributed by atoms with Gasteiger partial charge >= 0.3 is 0 Å². The molecule has 1 rings (SSSR count). The van der Waals surface area contributed by atoms with Gasteiger partial charge in [0.1, 0.15) is 6.04 Å². The van der Waals surface area contributed by atoms with Crippen molar-refractivity contribution in [3.05, 3.63) is 28.2 Å². The van der Waals surface area contributed by atoms with Crippen LogP contribution in [0.5, 0.6) is 0 Å². The number of thioether (sulfide) groups is 1. The van der Waals surface area contributed by atoms with Crippen molar-refractivity contribution in [3.8, 4) is 0 Å². The van der Waals surface area contributed by atoms with Gasteiger partial charge < -0.3 is 5.32 Å². The zero-order valence-electron chi connectivity index (χ0n) is 15.0. The van der Waals surface area contributed by atoms with Crippen LogP contribution in [0.1, 0.15) is 27.7 Å². The van der Waals surface area contributed by atoms with Crippen LogP contribution in [0.15, 0.2) is 18.2 Å². The second-order valence-corrected chi connectivity index (χ2v) is 11.2. The average Bonchev–Trinajstić information content (AvgIpc) is 2.44. The molecule has 25 heavy (non-hydrogen) atoms. The van der Waals surface area contributed by atoms with E-state index in [1.807, 2.05) is 0 Å². The molecular formula is C16H24Cl2N2O3S2. The van der Waals surface area contributed by atoms with Gasteiger partial charge in [0.05, 0.1) is 22.0 Å². The highest BCUT2D eigenvalue weighted by atomic mass is 35.5. The molecule has 0 aliphatic rings. The van der Waals surface area contributed by atoms with E-state index in [0.29, 0.717) is 17.3 Å². The lowest BCUT2D eigenvalue weighted by atomic mass is 10.2. The van der Waals surface area contributed by atoms with Crippen molar-refractivity contribution in [2.45, 2.75) is 38.5 Å². The SMILES string of the molecule is CC(C(=O)NCCSC(C)(C)C)N(c1ccc(Cl)c(Cl)c1)S(C)(=O)=O. The molecule has 0 aromatic heterocycles. The van der Waals surface area contributed by atoms with E-state index in [-0.39, 0.29) is 15.7 Å². The van der Waals surface area contributed by atoms with Gasteiger partial charge in [-0.05, 0) is 25.1 Å². The molecule has 1 aromatic carbocycles. The fraction of sp³-hybridized carbons (Fsp3) is 0.562. The molecule has 0 radical (unpaired) electrons. The summed E-state index contributed by atoms with van der Waals surface area (Å²) in [7, 11) is -3.68. The fourth-order valence-corrected chi connectivity index (χ4v) is 4.39. The standard InChI is InChI=1S/C16H24Cl2N2O3S2/c1-11(15(21)19-8-9-24-16(2,3)4)20(25(5,22)23)12-6-7-13(17)14(18)10-12/h6-7,10-11H,8-9H2,1-5H3,(H,19,21). The third kappa shape index (κ3) is 7.25. The number of hydrogen-bond acceptors (Lipinski definition) is 4. The van der Waals surface area contributed by atoms with Gasteiger partial charge in [-0.15, -0.1) is 0 Å². The Kier molecular flexibility index (Phi) is 7.93. The van der Waals surface area contributed by atoms with E-state index in [9.17, 15) is 13.2 Å². The highest BCUT2D eigenvalue weighted by molar-refractivity contribution is 8.00. The van der Waals surface area contributed by atoms with Gasteiger partial charge in [0.25, 0.3) is 0 Å². The van der Waals surface area contributed by atoms with Crippen molar-refractivity contribution in [3.63, 3.8) is 0 Å². The van der Waals surface area contributed by atoms with Crippen molar-refractivity contribution in [2.24, 2.45) is 0 Å². The van der Waals surface area contributed by atoms with Crippen LogP contribution >= 0.6 is 35.0 Å². The fourth-order valence-electron chi connectivity index (χ4n) is 2.11. The summed E-state index contributed by atoms with van der Waals surface area (Å²) in [5.41, 5.74) is 0.295. The summed E-state index contributed by atoms with van der Waals surface area (Å²) in [6.45, 7) is 8.28. The highest BCUT2D eigenvalue weighted by Crippen LogP contribution is 2.29. The lowest BCUT2D eigenvalue weighted by Crippen LogP contribution is -2.48. The largest absolute Gasteiger partial charge is 0.353 e. The second kappa shape index (κ2) is 8.84. The van der Waals surface area contributed by atoms with Gasteiger partial charge in [-0.3, -0.25) is 9.10 Å². The van der Waals surface area contributed by atoms with Crippen LogP contribution in [0, 0.1) is 0 Å². The Morgan fingerprint density at radius 1 is 1.28 bits per heavy atom. The first kappa shape index (κ1) is 22.4. The predicted octanol–water partition coefficient (Wildman–Crippen LogP) is 3.80. The molecule has 1 atom stereocenters. The lowest BCUT2D eigenvalue weighted by Gasteiger charge is -2.28. The summed E-state index contributed by atoms with van der Waals surface area (Å²) in [6, 6.07) is 3.55. The van der Waals surface area contributed by atoms with Crippen molar-refractivity contribution < 1.29 is 13.2 Å². The molecule has 1 aromatic rings. The number of nitrogens with one attached hydrogen (secondary N) is 1. The molecule has 1 unspecified atom stereocenters. The van der Waals surface area contributed by atoms with Crippen LogP contribution in [0.3, 0.4) is 0 Å². The molecule has 0 saturated heterocycles. The smallest absolute Gasteiger partial charge is 0.243 e. The Labute approximate surface area is 164 Å². The Balaban J connectivity index is 2.89. The summed E-state index contributed by atoms with van der Waals surface area (Å²) in [5, 5.41) is 3.32. The van der Waals surface area contributed by atoms with Crippen molar-refractivity contribution in [1.82, 2.24) is 5.32 Å². The topological polar surface area (TPSA) is 66.5 Å². The van der Waals surface area contributed by atoms with Gasteiger partial charge in [-0.25, -0.2) is 8.42 Å². The Morgan fingerprint density at radius 3 is 2.36 bits per heavy atom. The number of hydrogen-bond donors (Lipinski definition) is 1. The summed E-state index contributed by atoms with van der Waals surface area (Å²) >= 11 is 13.6. The number of amides is 1. The van der Waals surface area contributed by atoms with Crippen molar-refractivity contribution >= 4 is 56.6 Å². The second-order valence-electron chi connectivity index (χ2n) is 6.59. The minimum atomic E-state index is -3.68. The Hall–Kier alpha value is -0.630. The molecule has 0 heterocycles. The number of anilines is 1. The van der Waals surface area contributed by atoms with Gasteiger partial charge in [0.2, 0.25) is 15.9 Å². The Bertz CT molecular complexity index is 719. The molecule has 0 aliphatic heterocycles. The molecule has 1 N–H and O–H groups in total. The van der Waals surface area contributed by atoms with Crippen LogP contribution in [0.25, 0.3) is 0 Å². The number of rotatable bonds is 7. The van der Waals surface area contributed by atoms with Crippen molar-refractivity contribution in [2.75, 3.05) is 22.9 Å². The monoisotopic (exact) mass is 426 g/mol. The van der Waals surface area contributed by atoms with E-state index in [4.69, 9.17) is 23.2 Å². The molecule has 142 valence electrons. The minimum absolute atomic E-state index is 0.106. The van der Waals surface area contributed by atoms with Gasteiger partial charge in [0.15, 0.2) is 0 Å². The predicted molar refractivity (Wildman–Crippen MR) is 108 cm³/mol. The normalized spacial score (nSPS) is 13.4. The average molecular weight is 427 g/mol. The van der Waals surface area contributed by atoms with Crippen LogP contribution in [-0.4, -0.2) is 43.7 Å². The van der Waals surface area contributed by atoms with Gasteiger partial charge in [-0.2, -0.15) is 11.8 Å². The zero-order chi connectivity index (χ0) is 19.4. The quantitative estimate of drug-likeness (QED) is 0.673. The van der Waals surface area contributed by atoms with E-state index in [1.54, 1.807) is 11.8 Å². The molecule has 0 spiro atoms. The first-order chi connectivity index (χ1) is 11.3. The maximum Gasteiger partial charge on any atom is 0.243 e. The molecule has 0 saturated carbocycles. The van der Waals surface area contributed by atoms with E-state index in [0.717, 1.165) is 16.3 Å². The Morgan fingerprint density at radius 2 is 1.88 bits per heavy atom. The number of benzene rings is 1. The van der Waals surface area contributed by atoms with Crippen LogP contribution in [-0.2, 0) is 14.8 Å². The summed E-state index contributed by atoms with van der Waals surface area (Å²) in [5.74, 6) is 0.374. The van der Waals surface area contributed by atoms with E-state index in [1.165, 1.54) is 25.1 Å². The van der Waals surface area contributed by atoms with Gasteiger partial charge in [0, 0.05) is 17.0 Å². The van der Waals surface area contributed by atoms with Gasteiger partial charge in [-0.1, -0.05) is 44.0 Å². The van der Waals surface area contributed by atoms with Crippen molar-refractivity contribution in [1.29, 1.82) is 0 Å². The van der Waals surface area contributed by atoms with E-state index >= 15 is 0 Å². The zero-order valence-corrected chi connectivity index (χ0v) is 18.1. The third-order valence-corrected chi connectivity index (χ3v) is 6.44. The third-order valence-electron chi connectivity index (χ3n) is 3.18. The van der Waals surface area contributed by atoms with Crippen LogP contribution < -0.4 is 9.62 Å². The maximum atomic E-state index is 12.4. The highest BCUT2D eigenvalue weighted by Gasteiger charge is 2.29. The summed E-state index contributed by atoms with van der Waals surface area (Å²) in [4.78, 5) is 12.4. The molecule has 0 fully saturated rings. The summed E-state index contributed by atoms with van der Waals surface area (Å²) < 4.78 is 25.6. The molecule has 0 bridgehead atoms. The number of carbonyl (C=O) groups excluding carboxylic acids is 1. The molecule has 5 nitrogen and oxygen atoms in total. The minimum Gasteiger partial charge on any atom is -0.353 e. The molecule has 0 aliphatic carbocycles. The number of sulfonamides is 1. The van der Waals surface area contributed by atoms with Crippen LogP contribution in [0.4, 0.5) is 5.69 Å². The lowest BCUT2D eigenvalue weighted by molar-refractivity contribution is -0.121. The first-order valence-electron chi connectivity index (χ1n) is 7.69. The molecular weight excluding hydrogens is 403 g/mol. The summed E-state index contributed by atoms with van der Waals surface area (Å²) in [6.07, 6.45) is 1.05. The maximum absolute atomic E-state index is 12.4. The molecule has 1 amide bonds. The van der Waals surface area contributed by atoms with Crippen LogP contribution in [0.2, 0.25) is 10.0 Å². The van der Waals surface area contributed by atoms with E-state index < -0.39 is 16.1 Å².